The first-order chi connectivity index (χ1) is 10.4. The molecule has 1 unspecified atom stereocenters. The number of sulfonamides is 1. The molecule has 0 aromatic heterocycles. The van der Waals surface area contributed by atoms with Crippen molar-refractivity contribution >= 4 is 22.4 Å². The van der Waals surface area contributed by atoms with Crippen LogP contribution in [0.4, 0.5) is 0 Å². The van der Waals surface area contributed by atoms with Gasteiger partial charge in [0, 0.05) is 24.7 Å². The molecule has 0 heterocycles. The van der Waals surface area contributed by atoms with Crippen LogP contribution in [0.5, 0.6) is 17.2 Å². The number of halogens is 1. The van der Waals surface area contributed by atoms with E-state index < -0.39 is 10.0 Å². The smallest absolute Gasteiger partial charge is 0.248 e. The molecule has 0 amide bonds. The predicted octanol–water partition coefficient (Wildman–Crippen LogP) is 1.15. The van der Waals surface area contributed by atoms with Crippen molar-refractivity contribution in [2.75, 3.05) is 27.9 Å². The van der Waals surface area contributed by atoms with Gasteiger partial charge in [0.1, 0.15) is 17.2 Å². The quantitative estimate of drug-likeness (QED) is 0.715. The minimum absolute atomic E-state index is 0. The summed E-state index contributed by atoms with van der Waals surface area (Å²) in [7, 11) is 0.458. The van der Waals surface area contributed by atoms with E-state index in [4.69, 9.17) is 19.9 Å². The summed E-state index contributed by atoms with van der Waals surface area (Å²) in [6.07, 6.45) is 2.11. The average Bonchev–Trinajstić information content (AvgIpc) is 3.35. The second-order valence-electron chi connectivity index (χ2n) is 5.21. The standard InChI is InChI=1S/C14H22N2O5S.ClH/c1-19-10-6-12(20-2)14(13(7-10)21-3)22(17,18)16-8-11(15)9-4-5-9;/h6-7,9,11,16H,4-5,8,15H2,1-3H3;1H. The van der Waals surface area contributed by atoms with Crippen molar-refractivity contribution in [2.24, 2.45) is 11.7 Å². The zero-order valence-corrected chi connectivity index (χ0v) is 15.0. The van der Waals surface area contributed by atoms with Crippen molar-refractivity contribution in [3.05, 3.63) is 12.1 Å². The molecule has 1 atom stereocenters. The Morgan fingerprint density at radius 2 is 1.70 bits per heavy atom. The van der Waals surface area contributed by atoms with Crippen molar-refractivity contribution in [1.29, 1.82) is 0 Å². The Kier molecular flexibility index (Phi) is 6.94. The van der Waals surface area contributed by atoms with Gasteiger partial charge in [-0.3, -0.25) is 0 Å². The van der Waals surface area contributed by atoms with Crippen molar-refractivity contribution in [1.82, 2.24) is 4.72 Å². The van der Waals surface area contributed by atoms with Gasteiger partial charge in [0.25, 0.3) is 0 Å². The van der Waals surface area contributed by atoms with Gasteiger partial charge in [0.15, 0.2) is 4.90 Å². The van der Waals surface area contributed by atoms with Gasteiger partial charge in [-0.05, 0) is 18.8 Å². The number of benzene rings is 1. The fourth-order valence-electron chi connectivity index (χ4n) is 2.21. The van der Waals surface area contributed by atoms with Crippen LogP contribution in [-0.2, 0) is 10.0 Å². The van der Waals surface area contributed by atoms with Gasteiger partial charge in [0.05, 0.1) is 21.3 Å². The minimum atomic E-state index is -3.81. The second kappa shape index (κ2) is 8.05. The van der Waals surface area contributed by atoms with Crippen molar-refractivity contribution in [3.8, 4) is 17.2 Å². The van der Waals surface area contributed by atoms with Crippen LogP contribution in [0.1, 0.15) is 12.8 Å². The Labute approximate surface area is 142 Å². The lowest BCUT2D eigenvalue weighted by Crippen LogP contribution is -2.38. The molecule has 9 heteroatoms. The first-order valence-electron chi connectivity index (χ1n) is 6.98. The molecule has 0 radical (unpaired) electrons. The maximum Gasteiger partial charge on any atom is 0.248 e. The lowest BCUT2D eigenvalue weighted by atomic mass is 10.2. The molecule has 1 saturated carbocycles. The third-order valence-corrected chi connectivity index (χ3v) is 5.16. The van der Waals surface area contributed by atoms with E-state index >= 15 is 0 Å². The number of ether oxygens (including phenoxy) is 3. The zero-order valence-electron chi connectivity index (χ0n) is 13.4. The molecule has 132 valence electrons. The van der Waals surface area contributed by atoms with E-state index in [1.165, 1.54) is 33.5 Å². The highest BCUT2D eigenvalue weighted by Crippen LogP contribution is 2.37. The molecule has 1 aromatic carbocycles. The van der Waals surface area contributed by atoms with Crippen LogP contribution in [0.2, 0.25) is 0 Å². The molecule has 1 aliphatic carbocycles. The molecule has 0 bridgehead atoms. The highest BCUT2D eigenvalue weighted by atomic mass is 35.5. The molecule has 23 heavy (non-hydrogen) atoms. The summed E-state index contributed by atoms with van der Waals surface area (Å²) in [5.41, 5.74) is 5.94. The number of methoxy groups -OCH3 is 3. The van der Waals surface area contributed by atoms with E-state index in [-0.39, 0.29) is 41.4 Å². The molecular formula is C14H23ClN2O5S. The Morgan fingerprint density at radius 3 is 2.09 bits per heavy atom. The summed E-state index contributed by atoms with van der Waals surface area (Å²) in [6.45, 7) is 0.186. The third-order valence-electron chi connectivity index (χ3n) is 3.68. The summed E-state index contributed by atoms with van der Waals surface area (Å²) < 4.78 is 43.1. The monoisotopic (exact) mass is 366 g/mol. The number of nitrogens with one attached hydrogen (secondary N) is 1. The van der Waals surface area contributed by atoms with Crippen LogP contribution < -0.4 is 24.7 Å². The maximum absolute atomic E-state index is 12.6. The Bertz CT molecular complexity index is 609. The Balaban J connectivity index is 0.00000264. The summed E-state index contributed by atoms with van der Waals surface area (Å²) >= 11 is 0. The predicted molar refractivity (Wildman–Crippen MR) is 89.2 cm³/mol. The first-order valence-corrected chi connectivity index (χ1v) is 8.46. The summed E-state index contributed by atoms with van der Waals surface area (Å²) in [5.74, 6) is 1.16. The lowest BCUT2D eigenvalue weighted by molar-refractivity contribution is 0.358. The highest BCUT2D eigenvalue weighted by Gasteiger charge is 2.31. The van der Waals surface area contributed by atoms with E-state index in [2.05, 4.69) is 4.72 Å². The van der Waals surface area contributed by atoms with E-state index in [9.17, 15) is 8.42 Å². The molecule has 0 aliphatic heterocycles. The second-order valence-corrected chi connectivity index (χ2v) is 6.92. The molecular weight excluding hydrogens is 344 g/mol. The van der Waals surface area contributed by atoms with Crippen LogP contribution in [0, 0.1) is 5.92 Å². The van der Waals surface area contributed by atoms with E-state index in [1.54, 1.807) is 0 Å². The van der Waals surface area contributed by atoms with Gasteiger partial charge in [-0.25, -0.2) is 13.1 Å². The zero-order chi connectivity index (χ0) is 16.3. The van der Waals surface area contributed by atoms with Crippen LogP contribution in [-0.4, -0.2) is 42.3 Å². The van der Waals surface area contributed by atoms with Crippen LogP contribution in [0.3, 0.4) is 0 Å². The summed E-state index contributed by atoms with van der Waals surface area (Å²) in [5, 5.41) is 0. The largest absolute Gasteiger partial charge is 0.496 e. The van der Waals surface area contributed by atoms with Gasteiger partial charge in [0.2, 0.25) is 10.0 Å². The molecule has 2 rings (SSSR count). The number of hydrogen-bond acceptors (Lipinski definition) is 6. The molecule has 3 N–H and O–H groups in total. The minimum Gasteiger partial charge on any atom is -0.496 e. The van der Waals surface area contributed by atoms with Crippen molar-refractivity contribution < 1.29 is 22.6 Å². The first kappa shape index (κ1) is 19.8. The summed E-state index contributed by atoms with van der Waals surface area (Å²) in [4.78, 5) is -0.0544. The van der Waals surface area contributed by atoms with Gasteiger partial charge in [-0.2, -0.15) is 0 Å². The number of rotatable bonds is 8. The molecule has 0 saturated heterocycles. The molecule has 1 aliphatic rings. The van der Waals surface area contributed by atoms with Gasteiger partial charge < -0.3 is 19.9 Å². The van der Waals surface area contributed by atoms with Crippen molar-refractivity contribution in [3.63, 3.8) is 0 Å². The Morgan fingerprint density at radius 1 is 1.17 bits per heavy atom. The average molecular weight is 367 g/mol. The summed E-state index contributed by atoms with van der Waals surface area (Å²) in [6, 6.07) is 2.82. The molecule has 7 nitrogen and oxygen atoms in total. The SMILES string of the molecule is COc1cc(OC)c(S(=O)(=O)NCC(N)C2CC2)c(OC)c1.Cl. The van der Waals surface area contributed by atoms with Crippen LogP contribution in [0.25, 0.3) is 0 Å². The topological polar surface area (TPSA) is 99.9 Å². The fourth-order valence-corrected chi connectivity index (χ4v) is 3.58. The van der Waals surface area contributed by atoms with E-state index in [0.29, 0.717) is 11.7 Å². The highest BCUT2D eigenvalue weighted by molar-refractivity contribution is 7.89. The van der Waals surface area contributed by atoms with Crippen LogP contribution >= 0.6 is 12.4 Å². The molecule has 1 aromatic rings. The maximum atomic E-state index is 12.6. The van der Waals surface area contributed by atoms with Gasteiger partial charge >= 0.3 is 0 Å². The molecule has 0 spiro atoms. The molecule has 1 fully saturated rings. The van der Waals surface area contributed by atoms with E-state index in [1.807, 2.05) is 0 Å². The lowest BCUT2D eigenvalue weighted by Gasteiger charge is -2.17. The third kappa shape index (κ3) is 4.63. The fraction of sp³-hybridized carbons (Fsp3) is 0.571. The number of hydrogen-bond donors (Lipinski definition) is 2. The van der Waals surface area contributed by atoms with Crippen LogP contribution in [0.15, 0.2) is 17.0 Å². The Hall–Kier alpha value is -1.22. The van der Waals surface area contributed by atoms with Gasteiger partial charge in [-0.1, -0.05) is 0 Å². The normalized spacial score (nSPS) is 15.5. The van der Waals surface area contributed by atoms with Crippen molar-refractivity contribution in [2.45, 2.75) is 23.8 Å². The van der Waals surface area contributed by atoms with E-state index in [0.717, 1.165) is 12.8 Å². The number of nitrogens with two attached hydrogens (primary N) is 1. The van der Waals surface area contributed by atoms with Gasteiger partial charge in [-0.15, -0.1) is 12.4 Å².